The number of anilines is 2. The van der Waals surface area contributed by atoms with E-state index in [0.717, 1.165) is 0 Å². The van der Waals surface area contributed by atoms with Gasteiger partial charge in [-0.1, -0.05) is 11.6 Å². The van der Waals surface area contributed by atoms with E-state index in [1.54, 1.807) is 0 Å². The second-order valence-corrected chi connectivity index (χ2v) is 4.71. The summed E-state index contributed by atoms with van der Waals surface area (Å²) in [4.78, 5) is 28.7. The molecule has 2 rings (SSSR count). The number of carbonyl (C=O) groups excluding carboxylic acids is 1. The maximum atomic E-state index is 12.4. The summed E-state index contributed by atoms with van der Waals surface area (Å²) in [6, 6.07) is 5.78. The van der Waals surface area contributed by atoms with Crippen LogP contribution in [0.15, 0.2) is 36.7 Å². The summed E-state index contributed by atoms with van der Waals surface area (Å²) < 4.78 is 0. The number of hydrogen-bond donors (Lipinski definition) is 2. The van der Waals surface area contributed by atoms with Gasteiger partial charge in [0.05, 0.1) is 21.8 Å². The minimum atomic E-state index is -1.17. The third-order valence-electron chi connectivity index (χ3n) is 2.92. The van der Waals surface area contributed by atoms with Gasteiger partial charge < -0.3 is 15.7 Å². The number of aromatic carboxylic acids is 1. The second kappa shape index (κ2) is 5.80. The van der Waals surface area contributed by atoms with Gasteiger partial charge in [-0.05, 0) is 24.3 Å². The summed E-state index contributed by atoms with van der Waals surface area (Å²) in [5.41, 5.74) is 6.30. The van der Waals surface area contributed by atoms with Gasteiger partial charge in [0.1, 0.15) is 0 Å². The van der Waals surface area contributed by atoms with Crippen LogP contribution in [0.25, 0.3) is 0 Å². The molecule has 0 aliphatic heterocycles. The summed E-state index contributed by atoms with van der Waals surface area (Å²) in [6.45, 7) is 0. The van der Waals surface area contributed by atoms with Gasteiger partial charge in [0.15, 0.2) is 0 Å². The molecule has 0 aliphatic carbocycles. The zero-order chi connectivity index (χ0) is 15.6. The fourth-order valence-electron chi connectivity index (χ4n) is 1.86. The van der Waals surface area contributed by atoms with Crippen LogP contribution >= 0.6 is 11.6 Å². The standard InChI is InChI=1S/C14H12ClN3O3/c1-18(13(19)9-4-5-17-7-11(9)15)12-3-2-8(16)6-10(12)14(20)21/h2-7H,16H2,1H3,(H,20,21). The molecule has 0 unspecified atom stereocenters. The van der Waals surface area contributed by atoms with Crippen molar-refractivity contribution in [2.45, 2.75) is 0 Å². The van der Waals surface area contributed by atoms with Gasteiger partial charge in [-0.15, -0.1) is 0 Å². The van der Waals surface area contributed by atoms with E-state index in [4.69, 9.17) is 17.3 Å². The molecule has 0 radical (unpaired) electrons. The predicted molar refractivity (Wildman–Crippen MR) is 79.8 cm³/mol. The van der Waals surface area contributed by atoms with Gasteiger partial charge in [0.25, 0.3) is 5.91 Å². The lowest BCUT2D eigenvalue weighted by molar-refractivity contribution is 0.0698. The normalized spacial score (nSPS) is 10.2. The van der Waals surface area contributed by atoms with E-state index >= 15 is 0 Å². The molecule has 2 aromatic rings. The van der Waals surface area contributed by atoms with Gasteiger partial charge in [0.2, 0.25) is 0 Å². The van der Waals surface area contributed by atoms with E-state index in [-0.39, 0.29) is 21.8 Å². The number of nitrogens with zero attached hydrogens (tertiary/aromatic N) is 2. The number of benzene rings is 1. The Hall–Kier alpha value is -2.60. The average molecular weight is 306 g/mol. The second-order valence-electron chi connectivity index (χ2n) is 4.30. The van der Waals surface area contributed by atoms with Gasteiger partial charge in [-0.2, -0.15) is 0 Å². The Kier molecular flexibility index (Phi) is 4.09. The van der Waals surface area contributed by atoms with Crippen LogP contribution in [-0.4, -0.2) is 29.0 Å². The molecule has 3 N–H and O–H groups in total. The van der Waals surface area contributed by atoms with Crippen molar-refractivity contribution in [3.05, 3.63) is 52.8 Å². The first-order valence-electron chi connectivity index (χ1n) is 5.92. The number of aromatic nitrogens is 1. The summed E-state index contributed by atoms with van der Waals surface area (Å²) in [7, 11) is 1.47. The van der Waals surface area contributed by atoms with Crippen molar-refractivity contribution in [2.24, 2.45) is 0 Å². The van der Waals surface area contributed by atoms with E-state index in [0.29, 0.717) is 5.69 Å². The highest BCUT2D eigenvalue weighted by Gasteiger charge is 2.21. The van der Waals surface area contributed by atoms with Crippen LogP contribution in [-0.2, 0) is 0 Å². The number of amides is 1. The maximum Gasteiger partial charge on any atom is 0.337 e. The third kappa shape index (κ3) is 2.95. The molecule has 1 aromatic carbocycles. The van der Waals surface area contributed by atoms with Crippen molar-refractivity contribution in [1.82, 2.24) is 4.98 Å². The summed E-state index contributed by atoms with van der Waals surface area (Å²) in [6.07, 6.45) is 2.79. The molecular formula is C14H12ClN3O3. The number of carboxylic acids is 1. The molecule has 0 saturated heterocycles. The van der Waals surface area contributed by atoms with Crippen molar-refractivity contribution in [3.63, 3.8) is 0 Å². The number of pyridine rings is 1. The quantitative estimate of drug-likeness (QED) is 0.848. The highest BCUT2D eigenvalue weighted by atomic mass is 35.5. The van der Waals surface area contributed by atoms with Crippen LogP contribution in [0.2, 0.25) is 5.02 Å². The summed E-state index contributed by atoms with van der Waals surface area (Å²) in [5.74, 6) is -1.60. The first kappa shape index (κ1) is 14.8. The van der Waals surface area contributed by atoms with Crippen LogP contribution in [0.1, 0.15) is 20.7 Å². The Bertz CT molecular complexity index is 718. The minimum absolute atomic E-state index is 0.0592. The van der Waals surface area contributed by atoms with Crippen molar-refractivity contribution in [3.8, 4) is 0 Å². The lowest BCUT2D eigenvalue weighted by Gasteiger charge is -2.20. The summed E-state index contributed by atoms with van der Waals surface area (Å²) in [5, 5.41) is 9.41. The maximum absolute atomic E-state index is 12.4. The Morgan fingerprint density at radius 1 is 1.29 bits per heavy atom. The number of rotatable bonds is 3. The Morgan fingerprint density at radius 2 is 2.00 bits per heavy atom. The van der Waals surface area contributed by atoms with Crippen molar-refractivity contribution < 1.29 is 14.7 Å². The highest BCUT2D eigenvalue weighted by molar-refractivity contribution is 6.34. The number of nitrogens with two attached hydrogens (primary N) is 1. The molecule has 1 heterocycles. The smallest absolute Gasteiger partial charge is 0.337 e. The molecule has 0 spiro atoms. The number of carboxylic acid groups (broad SMARTS) is 1. The van der Waals surface area contributed by atoms with Crippen molar-refractivity contribution in [2.75, 3.05) is 17.7 Å². The predicted octanol–water partition coefficient (Wildman–Crippen LogP) is 2.29. The van der Waals surface area contributed by atoms with Gasteiger partial charge >= 0.3 is 5.97 Å². The number of nitrogen functional groups attached to an aromatic ring is 1. The fourth-order valence-corrected chi connectivity index (χ4v) is 2.06. The molecule has 108 valence electrons. The van der Waals surface area contributed by atoms with Crippen LogP contribution in [0.3, 0.4) is 0 Å². The highest BCUT2D eigenvalue weighted by Crippen LogP contribution is 2.25. The molecular weight excluding hydrogens is 294 g/mol. The third-order valence-corrected chi connectivity index (χ3v) is 3.22. The molecule has 0 saturated carbocycles. The number of carbonyl (C=O) groups is 2. The average Bonchev–Trinajstić information content (AvgIpc) is 2.46. The zero-order valence-corrected chi connectivity index (χ0v) is 11.8. The fraction of sp³-hybridized carbons (Fsp3) is 0.0714. The molecule has 21 heavy (non-hydrogen) atoms. The Morgan fingerprint density at radius 3 is 2.62 bits per heavy atom. The monoisotopic (exact) mass is 305 g/mol. The topological polar surface area (TPSA) is 96.5 Å². The summed E-state index contributed by atoms with van der Waals surface area (Å²) >= 11 is 5.93. The molecule has 1 aromatic heterocycles. The van der Waals surface area contributed by atoms with Crippen LogP contribution < -0.4 is 10.6 Å². The van der Waals surface area contributed by atoms with E-state index < -0.39 is 11.9 Å². The van der Waals surface area contributed by atoms with Gasteiger partial charge in [-0.25, -0.2) is 4.79 Å². The van der Waals surface area contributed by atoms with E-state index in [2.05, 4.69) is 4.98 Å². The van der Waals surface area contributed by atoms with Crippen LogP contribution in [0.4, 0.5) is 11.4 Å². The van der Waals surface area contributed by atoms with E-state index in [1.807, 2.05) is 0 Å². The SMILES string of the molecule is CN(C(=O)c1ccncc1Cl)c1ccc(N)cc1C(=O)O. The lowest BCUT2D eigenvalue weighted by atomic mass is 10.1. The molecule has 0 bridgehead atoms. The van der Waals surface area contributed by atoms with Gasteiger partial charge in [0, 0.05) is 25.1 Å². The molecule has 0 atom stereocenters. The Labute approximate surface area is 125 Å². The largest absolute Gasteiger partial charge is 0.478 e. The van der Waals surface area contributed by atoms with E-state index in [1.165, 1.54) is 48.6 Å². The van der Waals surface area contributed by atoms with Crippen LogP contribution in [0, 0.1) is 0 Å². The first-order valence-corrected chi connectivity index (χ1v) is 6.30. The molecule has 1 amide bonds. The molecule has 7 heteroatoms. The lowest BCUT2D eigenvalue weighted by Crippen LogP contribution is -2.28. The van der Waals surface area contributed by atoms with Crippen LogP contribution in [0.5, 0.6) is 0 Å². The minimum Gasteiger partial charge on any atom is -0.478 e. The number of hydrogen-bond acceptors (Lipinski definition) is 4. The van der Waals surface area contributed by atoms with E-state index in [9.17, 15) is 14.7 Å². The van der Waals surface area contributed by atoms with Crippen molar-refractivity contribution in [1.29, 1.82) is 0 Å². The molecule has 6 nitrogen and oxygen atoms in total. The van der Waals surface area contributed by atoms with Crippen molar-refractivity contribution >= 4 is 34.9 Å². The first-order chi connectivity index (χ1) is 9.91. The molecule has 0 fully saturated rings. The Balaban J connectivity index is 2.45. The van der Waals surface area contributed by atoms with Gasteiger partial charge in [-0.3, -0.25) is 9.78 Å². The molecule has 0 aliphatic rings. The number of halogens is 1. The zero-order valence-electron chi connectivity index (χ0n) is 11.1.